The molecule has 0 spiro atoms. The number of hydrogen-bond donors (Lipinski definition) is 1. The number of nitrogens with zero attached hydrogens (tertiary/aromatic N) is 2. The first kappa shape index (κ1) is 19.5. The zero-order chi connectivity index (χ0) is 20.1. The zero-order valence-electron chi connectivity index (χ0n) is 15.4. The van der Waals surface area contributed by atoms with E-state index in [1.807, 2.05) is 30.3 Å². The van der Waals surface area contributed by atoms with Crippen LogP contribution >= 0.6 is 11.8 Å². The largest absolute Gasteiger partial charge is 0.493 e. The highest BCUT2D eigenvalue weighted by molar-refractivity contribution is 8.18. The molecule has 1 saturated heterocycles. The Balaban J connectivity index is 1.94. The standard InChI is InChI=1S/C20H19N3O4S/c1-23-19(25)16(28-20(23)22-14-8-4-3-5-9-14)11-13-7-6-10-15(26-2)18(13)27-12-17(21)24/h3-11H,12H2,1-2H3,(H2,21,24)/b16-11+,22-20?. The quantitative estimate of drug-likeness (QED) is 0.757. The number of para-hydroxylation sites is 2. The summed E-state index contributed by atoms with van der Waals surface area (Å²) in [6.07, 6.45) is 1.69. The molecule has 1 heterocycles. The predicted octanol–water partition coefficient (Wildman–Crippen LogP) is 2.79. The number of benzene rings is 2. The first-order chi connectivity index (χ1) is 13.5. The summed E-state index contributed by atoms with van der Waals surface area (Å²) < 4.78 is 10.8. The number of nitrogens with two attached hydrogens (primary N) is 1. The van der Waals surface area contributed by atoms with Gasteiger partial charge in [0.1, 0.15) is 0 Å². The van der Waals surface area contributed by atoms with Gasteiger partial charge in [-0.15, -0.1) is 0 Å². The molecule has 0 unspecified atom stereocenters. The number of aliphatic imine (C=N–C) groups is 1. The maximum Gasteiger partial charge on any atom is 0.266 e. The number of carbonyl (C=O) groups excluding carboxylic acids is 2. The van der Waals surface area contributed by atoms with E-state index < -0.39 is 5.91 Å². The van der Waals surface area contributed by atoms with E-state index in [0.717, 1.165) is 5.69 Å². The lowest BCUT2D eigenvalue weighted by Gasteiger charge is -2.12. The summed E-state index contributed by atoms with van der Waals surface area (Å²) >= 11 is 1.26. The van der Waals surface area contributed by atoms with Crippen molar-refractivity contribution in [3.05, 3.63) is 59.0 Å². The van der Waals surface area contributed by atoms with Crippen LogP contribution in [0.3, 0.4) is 0 Å². The Morgan fingerprint density at radius 2 is 1.96 bits per heavy atom. The number of amidine groups is 1. The van der Waals surface area contributed by atoms with Crippen LogP contribution in [0.25, 0.3) is 6.08 Å². The van der Waals surface area contributed by atoms with Crippen LogP contribution in [0.4, 0.5) is 5.69 Å². The molecule has 0 aliphatic carbocycles. The third kappa shape index (κ3) is 4.34. The predicted molar refractivity (Wildman–Crippen MR) is 110 cm³/mol. The number of carbonyl (C=O) groups is 2. The summed E-state index contributed by atoms with van der Waals surface area (Å²) in [5.41, 5.74) is 6.54. The second-order valence-electron chi connectivity index (χ2n) is 5.84. The van der Waals surface area contributed by atoms with Crippen LogP contribution in [-0.2, 0) is 9.59 Å². The van der Waals surface area contributed by atoms with Crippen molar-refractivity contribution in [3.63, 3.8) is 0 Å². The molecule has 0 bridgehead atoms. The minimum Gasteiger partial charge on any atom is -0.493 e. The Labute approximate surface area is 166 Å². The molecular formula is C20H19N3O4S. The van der Waals surface area contributed by atoms with Gasteiger partial charge in [0.05, 0.1) is 17.7 Å². The van der Waals surface area contributed by atoms with E-state index >= 15 is 0 Å². The lowest BCUT2D eigenvalue weighted by Crippen LogP contribution is -2.23. The average Bonchev–Trinajstić information content (AvgIpc) is 2.95. The summed E-state index contributed by atoms with van der Waals surface area (Å²) in [7, 11) is 3.17. The second kappa shape index (κ2) is 8.62. The van der Waals surface area contributed by atoms with Gasteiger partial charge in [0, 0.05) is 12.6 Å². The molecule has 144 valence electrons. The van der Waals surface area contributed by atoms with Crippen molar-refractivity contribution in [1.29, 1.82) is 0 Å². The topological polar surface area (TPSA) is 94.2 Å². The molecule has 2 aromatic rings. The first-order valence-electron chi connectivity index (χ1n) is 8.39. The van der Waals surface area contributed by atoms with Crippen LogP contribution in [0.2, 0.25) is 0 Å². The maximum atomic E-state index is 12.7. The van der Waals surface area contributed by atoms with Crippen molar-refractivity contribution in [2.24, 2.45) is 10.7 Å². The smallest absolute Gasteiger partial charge is 0.266 e. The van der Waals surface area contributed by atoms with Crippen molar-refractivity contribution in [3.8, 4) is 11.5 Å². The van der Waals surface area contributed by atoms with Gasteiger partial charge in [-0.05, 0) is 36.0 Å². The van der Waals surface area contributed by atoms with E-state index in [-0.39, 0.29) is 12.5 Å². The van der Waals surface area contributed by atoms with Gasteiger partial charge in [0.25, 0.3) is 11.8 Å². The monoisotopic (exact) mass is 397 g/mol. The number of amides is 2. The molecule has 1 aliphatic heterocycles. The van der Waals surface area contributed by atoms with E-state index in [4.69, 9.17) is 15.2 Å². The van der Waals surface area contributed by atoms with E-state index in [2.05, 4.69) is 4.99 Å². The SMILES string of the molecule is COc1cccc(/C=C2/SC(=Nc3ccccc3)N(C)C2=O)c1OCC(N)=O. The van der Waals surface area contributed by atoms with Gasteiger partial charge in [0.2, 0.25) is 0 Å². The number of ether oxygens (including phenoxy) is 2. The highest BCUT2D eigenvalue weighted by Crippen LogP contribution is 2.37. The Bertz CT molecular complexity index is 957. The summed E-state index contributed by atoms with van der Waals surface area (Å²) in [6.45, 7) is -0.293. The van der Waals surface area contributed by atoms with Crippen LogP contribution in [0, 0.1) is 0 Å². The number of rotatable bonds is 6. The molecule has 28 heavy (non-hydrogen) atoms. The Hall–Kier alpha value is -3.26. The molecule has 1 aliphatic rings. The van der Waals surface area contributed by atoms with Gasteiger partial charge in [-0.25, -0.2) is 4.99 Å². The molecule has 1 fully saturated rings. The minimum atomic E-state index is -0.604. The van der Waals surface area contributed by atoms with Crippen molar-refractivity contribution in [2.75, 3.05) is 20.8 Å². The van der Waals surface area contributed by atoms with E-state index in [0.29, 0.717) is 27.1 Å². The fraction of sp³-hybridized carbons (Fsp3) is 0.150. The van der Waals surface area contributed by atoms with Crippen molar-refractivity contribution in [2.45, 2.75) is 0 Å². The minimum absolute atomic E-state index is 0.177. The van der Waals surface area contributed by atoms with Crippen molar-refractivity contribution in [1.82, 2.24) is 4.90 Å². The lowest BCUT2D eigenvalue weighted by molar-refractivity contribution is -0.121. The Morgan fingerprint density at radius 3 is 2.64 bits per heavy atom. The van der Waals surface area contributed by atoms with Crippen molar-refractivity contribution >= 4 is 40.5 Å². The Morgan fingerprint density at radius 1 is 1.21 bits per heavy atom. The average molecular weight is 397 g/mol. The molecule has 7 nitrogen and oxygen atoms in total. The van der Waals surface area contributed by atoms with E-state index in [1.54, 1.807) is 31.3 Å². The third-order valence-electron chi connectivity index (χ3n) is 3.86. The highest BCUT2D eigenvalue weighted by Gasteiger charge is 2.30. The van der Waals surface area contributed by atoms with Gasteiger partial charge >= 0.3 is 0 Å². The molecule has 2 N–H and O–H groups in total. The fourth-order valence-corrected chi connectivity index (χ4v) is 3.49. The molecule has 2 amide bonds. The van der Waals surface area contributed by atoms with Crippen LogP contribution in [-0.4, -0.2) is 42.6 Å². The maximum absolute atomic E-state index is 12.7. The first-order valence-corrected chi connectivity index (χ1v) is 9.20. The van der Waals surface area contributed by atoms with Crippen LogP contribution in [0.5, 0.6) is 11.5 Å². The number of hydrogen-bond acceptors (Lipinski definition) is 6. The molecule has 0 atom stereocenters. The second-order valence-corrected chi connectivity index (χ2v) is 6.85. The fourth-order valence-electron chi connectivity index (χ4n) is 2.51. The zero-order valence-corrected chi connectivity index (χ0v) is 16.2. The number of primary amides is 1. The van der Waals surface area contributed by atoms with Gasteiger partial charge in [0.15, 0.2) is 23.3 Å². The van der Waals surface area contributed by atoms with Gasteiger partial charge in [-0.1, -0.05) is 30.3 Å². The van der Waals surface area contributed by atoms with Gasteiger partial charge in [-0.2, -0.15) is 0 Å². The normalized spacial score (nSPS) is 16.6. The van der Waals surface area contributed by atoms with Crippen LogP contribution in [0.15, 0.2) is 58.4 Å². The van der Waals surface area contributed by atoms with Gasteiger partial charge < -0.3 is 15.2 Å². The molecule has 0 radical (unpaired) electrons. The van der Waals surface area contributed by atoms with Gasteiger partial charge in [-0.3, -0.25) is 14.5 Å². The summed E-state index contributed by atoms with van der Waals surface area (Å²) in [4.78, 5) is 30.3. The summed E-state index contributed by atoms with van der Waals surface area (Å²) in [5, 5.41) is 0.574. The van der Waals surface area contributed by atoms with E-state index in [9.17, 15) is 9.59 Å². The van der Waals surface area contributed by atoms with Crippen molar-refractivity contribution < 1.29 is 19.1 Å². The molecule has 0 aromatic heterocycles. The summed E-state index contributed by atoms with van der Waals surface area (Å²) in [5.74, 6) is 0.00886. The summed E-state index contributed by atoms with van der Waals surface area (Å²) in [6, 6.07) is 14.7. The third-order valence-corrected chi connectivity index (χ3v) is 4.92. The van der Waals surface area contributed by atoms with Crippen LogP contribution < -0.4 is 15.2 Å². The molecule has 0 saturated carbocycles. The highest BCUT2D eigenvalue weighted by atomic mass is 32.2. The molecule has 2 aromatic carbocycles. The molecule has 3 rings (SSSR count). The number of thioether (sulfide) groups is 1. The van der Waals surface area contributed by atoms with Crippen LogP contribution in [0.1, 0.15) is 5.56 Å². The Kier molecular flexibility index (Phi) is 6.00. The molecule has 8 heteroatoms. The van der Waals surface area contributed by atoms with E-state index in [1.165, 1.54) is 23.8 Å². The number of likely N-dealkylation sites (N-methyl/N-ethyl adjacent to an activating group) is 1. The molecular weight excluding hydrogens is 378 g/mol. The lowest BCUT2D eigenvalue weighted by atomic mass is 10.1. The number of methoxy groups -OCH3 is 1.